The molecule has 0 radical (unpaired) electrons. The molecule has 106 valence electrons. The van der Waals surface area contributed by atoms with Crippen molar-refractivity contribution in [2.45, 2.75) is 12.8 Å². The molecular weight excluding hydrogens is 264 g/mol. The zero-order valence-electron chi connectivity index (χ0n) is 12.5. The Morgan fingerprint density at radius 2 is 1.59 bits per heavy atom. The van der Waals surface area contributed by atoms with Gasteiger partial charge in [-0.05, 0) is 62.9 Å². The van der Waals surface area contributed by atoms with Crippen LogP contribution in [-0.4, -0.2) is 0 Å². The normalized spacial score (nSPS) is 13.5. The fourth-order valence-corrected chi connectivity index (χ4v) is 3.29. The molecule has 3 aromatic rings. The molecule has 4 rings (SSSR count). The van der Waals surface area contributed by atoms with Crippen molar-refractivity contribution in [2.75, 3.05) is 0 Å². The van der Waals surface area contributed by atoms with Crippen LogP contribution < -0.4 is 10.4 Å². The predicted molar refractivity (Wildman–Crippen MR) is 95.9 cm³/mol. The molecule has 0 amide bonds. The Hall–Kier alpha value is -2.60. The van der Waals surface area contributed by atoms with E-state index in [1.54, 1.807) is 0 Å². The van der Waals surface area contributed by atoms with Gasteiger partial charge in [0.05, 0.1) is 0 Å². The molecule has 1 aliphatic carbocycles. The van der Waals surface area contributed by atoms with Crippen LogP contribution in [0.15, 0.2) is 73.3 Å². The van der Waals surface area contributed by atoms with Gasteiger partial charge in [0.25, 0.3) is 0 Å². The molecule has 0 saturated heterocycles. The maximum Gasteiger partial charge on any atom is -0.0149 e. The molecule has 0 heteroatoms. The maximum absolute atomic E-state index is 3.98. The fourth-order valence-electron chi connectivity index (χ4n) is 3.29. The summed E-state index contributed by atoms with van der Waals surface area (Å²) in [7, 11) is 0. The molecule has 3 aromatic carbocycles. The molecular formula is C22H18. The van der Waals surface area contributed by atoms with Gasteiger partial charge in [-0.3, -0.25) is 0 Å². The van der Waals surface area contributed by atoms with Crippen LogP contribution in [-0.2, 0) is 0 Å². The van der Waals surface area contributed by atoms with Gasteiger partial charge in [0.15, 0.2) is 0 Å². The number of hydrogen-bond acceptors (Lipinski definition) is 0. The molecule has 0 atom stereocenters. The van der Waals surface area contributed by atoms with E-state index < -0.39 is 0 Å². The molecule has 0 unspecified atom stereocenters. The Morgan fingerprint density at radius 3 is 2.45 bits per heavy atom. The third-order valence-electron chi connectivity index (χ3n) is 4.51. The lowest BCUT2D eigenvalue weighted by Crippen LogP contribution is -2.28. The van der Waals surface area contributed by atoms with Gasteiger partial charge in [0.2, 0.25) is 0 Å². The Bertz CT molecular complexity index is 990. The lowest BCUT2D eigenvalue weighted by molar-refractivity contribution is 1.09. The highest BCUT2D eigenvalue weighted by molar-refractivity contribution is 5.87. The van der Waals surface area contributed by atoms with E-state index in [0.29, 0.717) is 0 Å². The van der Waals surface area contributed by atoms with Gasteiger partial charge >= 0.3 is 0 Å². The van der Waals surface area contributed by atoms with Gasteiger partial charge in [-0.2, -0.15) is 0 Å². The second-order valence-corrected chi connectivity index (χ2v) is 5.84. The second kappa shape index (κ2) is 5.31. The van der Waals surface area contributed by atoms with E-state index in [1.807, 2.05) is 6.08 Å². The van der Waals surface area contributed by atoms with Crippen LogP contribution in [0.4, 0.5) is 0 Å². The summed E-state index contributed by atoms with van der Waals surface area (Å²) in [6, 6.07) is 22.0. The third kappa shape index (κ3) is 2.17. The summed E-state index contributed by atoms with van der Waals surface area (Å²) in [5.41, 5.74) is 3.91. The van der Waals surface area contributed by atoms with Crippen molar-refractivity contribution in [3.63, 3.8) is 0 Å². The topological polar surface area (TPSA) is 0 Å². The van der Waals surface area contributed by atoms with Crippen LogP contribution in [0, 0.1) is 0 Å². The van der Waals surface area contributed by atoms with Crippen LogP contribution in [0.1, 0.15) is 12.8 Å². The summed E-state index contributed by atoms with van der Waals surface area (Å²) in [6.45, 7) is 3.98. The zero-order valence-corrected chi connectivity index (χ0v) is 12.5. The quantitative estimate of drug-likeness (QED) is 0.653. The lowest BCUT2D eigenvalue weighted by Gasteiger charge is -2.10. The van der Waals surface area contributed by atoms with Crippen molar-refractivity contribution in [1.29, 1.82) is 0 Å². The molecule has 22 heavy (non-hydrogen) atoms. The van der Waals surface area contributed by atoms with Crippen molar-refractivity contribution in [2.24, 2.45) is 0 Å². The van der Waals surface area contributed by atoms with Crippen LogP contribution in [0.2, 0.25) is 0 Å². The largest absolute Gasteiger partial charge is 0.0988 e. The van der Waals surface area contributed by atoms with Crippen LogP contribution >= 0.6 is 0 Å². The highest BCUT2D eigenvalue weighted by Crippen LogP contribution is 2.23. The molecule has 0 nitrogen and oxygen atoms in total. The van der Waals surface area contributed by atoms with E-state index in [9.17, 15) is 0 Å². The van der Waals surface area contributed by atoms with Gasteiger partial charge in [0, 0.05) is 0 Å². The number of allylic oxidation sites excluding steroid dienone is 1. The van der Waals surface area contributed by atoms with E-state index in [1.165, 1.54) is 37.9 Å². The van der Waals surface area contributed by atoms with Gasteiger partial charge in [-0.25, -0.2) is 0 Å². The molecule has 0 fully saturated rings. The van der Waals surface area contributed by atoms with Crippen LogP contribution in [0.5, 0.6) is 0 Å². The standard InChI is InChI=1S/C22H18/c1-2-16-8-5-9-18-11-13-21(15-22(16)18)20-12-10-17-6-3-4-7-19(17)14-20/h2-4,6-7,9-15H,1,5,8H2. The molecule has 0 saturated carbocycles. The van der Waals surface area contributed by atoms with Crippen molar-refractivity contribution >= 4 is 22.4 Å². The van der Waals surface area contributed by atoms with E-state index in [2.05, 4.69) is 73.3 Å². The number of hydrogen-bond donors (Lipinski definition) is 0. The summed E-state index contributed by atoms with van der Waals surface area (Å²) in [5.74, 6) is 0. The fraction of sp³-hybridized carbons (Fsp3) is 0.0909. The van der Waals surface area contributed by atoms with E-state index in [4.69, 9.17) is 0 Å². The molecule has 0 N–H and O–H groups in total. The first kappa shape index (κ1) is 13.1. The lowest BCUT2D eigenvalue weighted by atomic mass is 9.95. The van der Waals surface area contributed by atoms with Crippen molar-refractivity contribution in [3.8, 4) is 11.1 Å². The molecule has 0 aliphatic heterocycles. The zero-order chi connectivity index (χ0) is 14.9. The number of rotatable bonds is 2. The highest BCUT2D eigenvalue weighted by atomic mass is 14.1. The van der Waals surface area contributed by atoms with Gasteiger partial charge in [0.1, 0.15) is 0 Å². The highest BCUT2D eigenvalue weighted by Gasteiger charge is 2.04. The Morgan fingerprint density at radius 1 is 0.818 bits per heavy atom. The summed E-state index contributed by atoms with van der Waals surface area (Å²) in [4.78, 5) is 0. The minimum atomic E-state index is 1.09. The Labute approximate surface area is 130 Å². The summed E-state index contributed by atoms with van der Waals surface area (Å²) in [6.07, 6.45) is 6.55. The first-order valence-electron chi connectivity index (χ1n) is 7.80. The summed E-state index contributed by atoms with van der Waals surface area (Å²) < 4.78 is 0. The molecule has 0 aromatic heterocycles. The predicted octanol–water partition coefficient (Wildman–Crippen LogP) is 4.42. The van der Waals surface area contributed by atoms with Crippen LogP contribution in [0.25, 0.3) is 33.5 Å². The average Bonchev–Trinajstić information content (AvgIpc) is 2.60. The van der Waals surface area contributed by atoms with E-state index in [0.717, 1.165) is 12.8 Å². The van der Waals surface area contributed by atoms with Gasteiger partial charge in [-0.1, -0.05) is 67.3 Å². The molecule has 0 bridgehead atoms. The third-order valence-corrected chi connectivity index (χ3v) is 4.51. The number of fused-ring (bicyclic) bond motifs is 2. The first-order valence-corrected chi connectivity index (χ1v) is 7.80. The Balaban J connectivity index is 1.94. The molecule has 0 heterocycles. The monoisotopic (exact) mass is 282 g/mol. The average molecular weight is 282 g/mol. The van der Waals surface area contributed by atoms with Gasteiger partial charge in [-0.15, -0.1) is 0 Å². The van der Waals surface area contributed by atoms with Crippen molar-refractivity contribution < 1.29 is 0 Å². The van der Waals surface area contributed by atoms with Crippen LogP contribution in [0.3, 0.4) is 0 Å². The summed E-state index contributed by atoms with van der Waals surface area (Å²) in [5, 5.41) is 5.26. The minimum Gasteiger partial charge on any atom is -0.0988 e. The summed E-state index contributed by atoms with van der Waals surface area (Å²) >= 11 is 0. The maximum atomic E-state index is 3.98. The van der Waals surface area contributed by atoms with Gasteiger partial charge < -0.3 is 0 Å². The second-order valence-electron chi connectivity index (χ2n) is 5.84. The first-order chi connectivity index (χ1) is 10.8. The van der Waals surface area contributed by atoms with E-state index >= 15 is 0 Å². The molecule has 1 aliphatic rings. The minimum absolute atomic E-state index is 1.09. The number of benzene rings is 3. The van der Waals surface area contributed by atoms with Crippen molar-refractivity contribution in [3.05, 3.63) is 83.8 Å². The SMILES string of the molecule is C=CC1=c2cc(-c3ccc4ccccc4c3)ccc2=CCC1. The Kier molecular flexibility index (Phi) is 3.16. The molecule has 0 spiro atoms. The smallest absolute Gasteiger partial charge is 0.0149 e. The van der Waals surface area contributed by atoms with Crippen molar-refractivity contribution in [1.82, 2.24) is 0 Å². The van der Waals surface area contributed by atoms with E-state index in [-0.39, 0.29) is 0 Å².